The summed E-state index contributed by atoms with van der Waals surface area (Å²) in [6, 6.07) is 5.60. The van der Waals surface area contributed by atoms with Gasteiger partial charge in [0.2, 0.25) is 0 Å². The first kappa shape index (κ1) is 12.1. The van der Waals surface area contributed by atoms with Crippen LogP contribution < -0.4 is 0 Å². The number of hydrogen-bond acceptors (Lipinski definition) is 1. The summed E-state index contributed by atoms with van der Waals surface area (Å²) in [5.74, 6) is 0.508. The Morgan fingerprint density at radius 1 is 1.29 bits per heavy atom. The van der Waals surface area contributed by atoms with Gasteiger partial charge >= 0.3 is 0 Å². The zero-order chi connectivity index (χ0) is 10.7. The molecule has 0 spiro atoms. The first-order valence-electron chi connectivity index (χ1n) is 4.23. The lowest BCUT2D eigenvalue weighted by Gasteiger charge is -2.23. The van der Waals surface area contributed by atoms with E-state index in [0.29, 0.717) is 15.9 Å². The highest BCUT2D eigenvalue weighted by molar-refractivity contribution is 6.35. The molecule has 1 unspecified atom stereocenters. The Bertz CT molecular complexity index is 312. The number of hydrogen-bond donors (Lipinski definition) is 0. The smallest absolute Gasteiger partial charge is 0.0492 e. The van der Waals surface area contributed by atoms with Crippen LogP contribution in [0.4, 0.5) is 0 Å². The number of nitrogens with zero attached hydrogens (tertiary/aromatic N) is 1. The van der Waals surface area contributed by atoms with E-state index in [2.05, 4.69) is 0 Å². The van der Waals surface area contributed by atoms with Gasteiger partial charge in [-0.3, -0.25) is 0 Å². The fraction of sp³-hybridized carbons (Fsp3) is 0.400. The second kappa shape index (κ2) is 5.22. The molecule has 0 heterocycles. The van der Waals surface area contributed by atoms with Gasteiger partial charge < -0.3 is 4.90 Å². The summed E-state index contributed by atoms with van der Waals surface area (Å²) < 4.78 is 0. The van der Waals surface area contributed by atoms with E-state index >= 15 is 0 Å². The molecule has 1 nitrogen and oxygen atoms in total. The van der Waals surface area contributed by atoms with Crippen LogP contribution in [-0.2, 0) is 0 Å². The maximum atomic E-state index is 6.08. The van der Waals surface area contributed by atoms with Crippen molar-refractivity contribution < 1.29 is 0 Å². The summed E-state index contributed by atoms with van der Waals surface area (Å²) in [6.45, 7) is 0. The minimum Gasteiger partial charge on any atom is -0.301 e. The second-order valence-electron chi connectivity index (χ2n) is 3.30. The van der Waals surface area contributed by atoms with Crippen LogP contribution in [0.1, 0.15) is 11.6 Å². The third-order valence-electron chi connectivity index (χ3n) is 2.09. The molecule has 1 atom stereocenters. The van der Waals surface area contributed by atoms with Gasteiger partial charge in [0.1, 0.15) is 0 Å². The van der Waals surface area contributed by atoms with Gasteiger partial charge in [0, 0.05) is 22.0 Å². The molecule has 0 amide bonds. The maximum Gasteiger partial charge on any atom is 0.0492 e. The molecule has 0 aliphatic rings. The van der Waals surface area contributed by atoms with Crippen molar-refractivity contribution in [2.45, 2.75) is 6.04 Å². The first-order chi connectivity index (χ1) is 6.56. The van der Waals surface area contributed by atoms with Crippen molar-refractivity contribution in [1.82, 2.24) is 4.90 Å². The van der Waals surface area contributed by atoms with Gasteiger partial charge in [0.25, 0.3) is 0 Å². The molecule has 1 aromatic carbocycles. The molecule has 0 saturated heterocycles. The van der Waals surface area contributed by atoms with Crippen molar-refractivity contribution in [3.05, 3.63) is 33.8 Å². The minimum atomic E-state index is 0.126. The van der Waals surface area contributed by atoms with Crippen LogP contribution in [0.3, 0.4) is 0 Å². The summed E-state index contributed by atoms with van der Waals surface area (Å²) >= 11 is 17.8. The van der Waals surface area contributed by atoms with E-state index in [1.165, 1.54) is 0 Å². The molecular weight excluding hydrogens is 240 g/mol. The van der Waals surface area contributed by atoms with Crippen LogP contribution in [0, 0.1) is 0 Å². The Morgan fingerprint density at radius 2 is 1.93 bits per heavy atom. The van der Waals surface area contributed by atoms with E-state index in [1.54, 1.807) is 6.07 Å². The number of rotatable bonds is 3. The van der Waals surface area contributed by atoms with Crippen LogP contribution >= 0.6 is 34.8 Å². The fourth-order valence-electron chi connectivity index (χ4n) is 1.27. The molecule has 0 aromatic heterocycles. The molecule has 0 aliphatic carbocycles. The second-order valence-corrected chi connectivity index (χ2v) is 4.45. The lowest BCUT2D eigenvalue weighted by atomic mass is 10.1. The highest BCUT2D eigenvalue weighted by atomic mass is 35.5. The highest BCUT2D eigenvalue weighted by Gasteiger charge is 2.15. The topological polar surface area (TPSA) is 3.24 Å². The van der Waals surface area contributed by atoms with Crippen molar-refractivity contribution in [1.29, 1.82) is 0 Å². The first-order valence-corrected chi connectivity index (χ1v) is 5.52. The summed E-state index contributed by atoms with van der Waals surface area (Å²) in [6.07, 6.45) is 0. The van der Waals surface area contributed by atoms with Crippen molar-refractivity contribution in [3.63, 3.8) is 0 Å². The molecule has 1 rings (SSSR count). The number of alkyl halides is 1. The molecule has 78 valence electrons. The van der Waals surface area contributed by atoms with Crippen molar-refractivity contribution in [2.75, 3.05) is 20.0 Å². The van der Waals surface area contributed by atoms with Gasteiger partial charge in [-0.2, -0.15) is 0 Å². The summed E-state index contributed by atoms with van der Waals surface area (Å²) in [7, 11) is 3.94. The van der Waals surface area contributed by atoms with Gasteiger partial charge in [0.05, 0.1) is 0 Å². The Labute approximate surface area is 99.6 Å². The maximum absolute atomic E-state index is 6.08. The van der Waals surface area contributed by atoms with E-state index in [-0.39, 0.29) is 6.04 Å². The van der Waals surface area contributed by atoms with Gasteiger partial charge in [-0.05, 0) is 31.8 Å². The number of halogens is 3. The van der Waals surface area contributed by atoms with Gasteiger partial charge in [-0.15, -0.1) is 11.6 Å². The number of benzene rings is 1. The summed E-state index contributed by atoms with van der Waals surface area (Å²) in [5, 5.41) is 1.31. The molecule has 0 bridgehead atoms. The third kappa shape index (κ3) is 2.77. The Morgan fingerprint density at radius 3 is 2.36 bits per heavy atom. The Hall–Kier alpha value is 0.0500. The van der Waals surface area contributed by atoms with Gasteiger partial charge in [-0.1, -0.05) is 29.3 Å². The van der Waals surface area contributed by atoms with E-state index in [0.717, 1.165) is 5.56 Å². The minimum absolute atomic E-state index is 0.126. The van der Waals surface area contributed by atoms with E-state index < -0.39 is 0 Å². The lowest BCUT2D eigenvalue weighted by molar-refractivity contribution is 0.324. The van der Waals surface area contributed by atoms with Crippen LogP contribution in [0.5, 0.6) is 0 Å². The molecule has 14 heavy (non-hydrogen) atoms. The SMILES string of the molecule is CN(C)C(CCl)c1ccc(Cl)cc1Cl. The summed E-state index contributed by atoms with van der Waals surface area (Å²) in [5.41, 5.74) is 1.01. The highest BCUT2D eigenvalue weighted by Crippen LogP contribution is 2.29. The zero-order valence-corrected chi connectivity index (χ0v) is 10.4. The summed E-state index contributed by atoms with van der Waals surface area (Å²) in [4.78, 5) is 2.03. The van der Waals surface area contributed by atoms with E-state index in [4.69, 9.17) is 34.8 Å². The molecule has 0 aliphatic heterocycles. The van der Waals surface area contributed by atoms with Crippen molar-refractivity contribution in [3.8, 4) is 0 Å². The van der Waals surface area contributed by atoms with Crippen molar-refractivity contribution in [2.24, 2.45) is 0 Å². The van der Waals surface area contributed by atoms with Crippen LogP contribution in [-0.4, -0.2) is 24.9 Å². The molecule has 4 heteroatoms. The van der Waals surface area contributed by atoms with Crippen molar-refractivity contribution >= 4 is 34.8 Å². The molecule has 1 aromatic rings. The average Bonchev–Trinajstić information content (AvgIpc) is 2.09. The standard InChI is InChI=1S/C10H12Cl3N/c1-14(2)10(6-11)8-4-3-7(12)5-9(8)13/h3-5,10H,6H2,1-2H3. The molecule has 0 radical (unpaired) electrons. The monoisotopic (exact) mass is 251 g/mol. The Kier molecular flexibility index (Phi) is 4.52. The molecule has 0 saturated carbocycles. The average molecular weight is 253 g/mol. The largest absolute Gasteiger partial charge is 0.301 e. The predicted octanol–water partition coefficient (Wildman–Crippen LogP) is 3.83. The van der Waals surface area contributed by atoms with E-state index in [9.17, 15) is 0 Å². The van der Waals surface area contributed by atoms with Gasteiger partial charge in [0.15, 0.2) is 0 Å². The van der Waals surface area contributed by atoms with Crippen LogP contribution in [0.15, 0.2) is 18.2 Å². The zero-order valence-electron chi connectivity index (χ0n) is 8.10. The molecular formula is C10H12Cl3N. The Balaban J connectivity index is 3.04. The quantitative estimate of drug-likeness (QED) is 0.739. The van der Waals surface area contributed by atoms with Crippen LogP contribution in [0.25, 0.3) is 0 Å². The lowest BCUT2D eigenvalue weighted by Crippen LogP contribution is -2.21. The van der Waals surface area contributed by atoms with Gasteiger partial charge in [-0.25, -0.2) is 0 Å². The third-order valence-corrected chi connectivity index (χ3v) is 2.95. The van der Waals surface area contributed by atoms with E-state index in [1.807, 2.05) is 31.1 Å². The van der Waals surface area contributed by atoms with Crippen LogP contribution in [0.2, 0.25) is 10.0 Å². The predicted molar refractivity (Wildman–Crippen MR) is 63.6 cm³/mol. The molecule has 0 N–H and O–H groups in total. The molecule has 0 fully saturated rings. The normalized spacial score (nSPS) is 13.3. The fourth-order valence-corrected chi connectivity index (χ4v) is 2.25.